The first-order valence-corrected chi connectivity index (χ1v) is 12.1. The summed E-state index contributed by atoms with van der Waals surface area (Å²) in [6.45, 7) is 3.77. The second-order valence-corrected chi connectivity index (χ2v) is 9.22. The van der Waals surface area contributed by atoms with Gasteiger partial charge < -0.3 is 20.7 Å². The van der Waals surface area contributed by atoms with Crippen LogP contribution in [0.3, 0.4) is 0 Å². The second-order valence-electron chi connectivity index (χ2n) is 7.36. The van der Waals surface area contributed by atoms with Crippen LogP contribution in [0.25, 0.3) is 10.6 Å². The van der Waals surface area contributed by atoms with E-state index in [1.807, 2.05) is 42.6 Å². The van der Waals surface area contributed by atoms with E-state index in [4.69, 9.17) is 4.74 Å². The Bertz CT molecular complexity index is 1320. The first-order valence-electron chi connectivity index (χ1n) is 10.4. The van der Waals surface area contributed by atoms with Gasteiger partial charge >= 0.3 is 0 Å². The number of nitrogens with one attached hydrogen (secondary N) is 3. The first kappa shape index (κ1) is 23.4. The lowest BCUT2D eigenvalue weighted by Crippen LogP contribution is -2.22. The maximum Gasteiger partial charge on any atom is 0.251 e. The summed E-state index contributed by atoms with van der Waals surface area (Å²) < 4.78 is 5.47. The van der Waals surface area contributed by atoms with Gasteiger partial charge in [0.25, 0.3) is 5.91 Å². The summed E-state index contributed by atoms with van der Waals surface area (Å²) in [5.74, 6) is 0.249. The molecule has 0 radical (unpaired) electrons. The number of nitrogens with zero attached hydrogens (tertiary/aromatic N) is 2. The van der Waals surface area contributed by atoms with E-state index in [0.29, 0.717) is 33.8 Å². The highest BCUT2D eigenvalue weighted by molar-refractivity contribution is 7.20. The molecule has 3 N–H and O–H groups in total. The van der Waals surface area contributed by atoms with Gasteiger partial charge in [0.05, 0.1) is 29.1 Å². The highest BCUT2D eigenvalue weighted by Crippen LogP contribution is 2.36. The van der Waals surface area contributed by atoms with Gasteiger partial charge in [0.15, 0.2) is 10.3 Å². The molecule has 10 heteroatoms. The van der Waals surface area contributed by atoms with Gasteiger partial charge in [-0.2, -0.15) is 0 Å². The maximum atomic E-state index is 12.7. The minimum absolute atomic E-state index is 0.166. The molecular formula is C24H23N5O3S2. The largest absolute Gasteiger partial charge is 0.495 e. The van der Waals surface area contributed by atoms with Crippen LogP contribution in [-0.2, 0) is 11.3 Å². The van der Waals surface area contributed by atoms with Gasteiger partial charge in [0.1, 0.15) is 5.75 Å². The average molecular weight is 494 g/mol. The van der Waals surface area contributed by atoms with Gasteiger partial charge in [-0.3, -0.25) is 9.59 Å². The highest BCUT2D eigenvalue weighted by Gasteiger charge is 2.16. The molecule has 2 aromatic heterocycles. The van der Waals surface area contributed by atoms with Crippen molar-refractivity contribution in [3.63, 3.8) is 0 Å². The summed E-state index contributed by atoms with van der Waals surface area (Å²) in [6, 6.07) is 15.0. The van der Waals surface area contributed by atoms with Gasteiger partial charge in [0, 0.05) is 24.4 Å². The Morgan fingerprint density at radius 3 is 2.59 bits per heavy atom. The number of hydrogen-bond acceptors (Lipinski definition) is 8. The standard InChI is InChI=1S/C24H23N5O3S2/c1-14-21(34-24(26-14)27-15(2)30)19-13-33-23(29-19)28-18-11-17(9-10-20(18)32-3)22(31)25-12-16-7-5-4-6-8-16/h4-11,13H,12H2,1-3H3,(H,25,31)(H,28,29)(H,26,27,30). The van der Waals surface area contributed by atoms with Gasteiger partial charge in [0.2, 0.25) is 5.91 Å². The van der Waals surface area contributed by atoms with Crippen LogP contribution in [0.2, 0.25) is 0 Å². The van der Waals surface area contributed by atoms with Gasteiger partial charge in [-0.05, 0) is 30.7 Å². The number of carbonyl (C=O) groups excluding carboxylic acids is 2. The molecule has 0 aliphatic rings. The Morgan fingerprint density at radius 2 is 1.85 bits per heavy atom. The third kappa shape index (κ3) is 5.59. The van der Waals surface area contributed by atoms with Gasteiger partial charge in [-0.15, -0.1) is 11.3 Å². The van der Waals surface area contributed by atoms with Crippen LogP contribution in [0.1, 0.15) is 28.5 Å². The molecule has 0 unspecified atom stereocenters. The molecule has 8 nitrogen and oxygen atoms in total. The van der Waals surface area contributed by atoms with Crippen molar-refractivity contribution in [2.45, 2.75) is 20.4 Å². The molecule has 0 bridgehead atoms. The summed E-state index contributed by atoms with van der Waals surface area (Å²) in [6.07, 6.45) is 0. The Hall–Kier alpha value is -3.76. The number of benzene rings is 2. The Balaban J connectivity index is 1.50. The van der Waals surface area contributed by atoms with Crippen LogP contribution in [0.5, 0.6) is 5.75 Å². The van der Waals surface area contributed by atoms with Gasteiger partial charge in [-0.1, -0.05) is 41.7 Å². The lowest BCUT2D eigenvalue weighted by Gasteiger charge is -2.12. The summed E-state index contributed by atoms with van der Waals surface area (Å²) in [5.41, 5.74) is 3.72. The van der Waals surface area contributed by atoms with Crippen molar-refractivity contribution < 1.29 is 14.3 Å². The number of aromatic nitrogens is 2. The number of thiazole rings is 2. The lowest BCUT2D eigenvalue weighted by atomic mass is 10.1. The number of hydrogen-bond donors (Lipinski definition) is 3. The van der Waals surface area contributed by atoms with E-state index in [1.165, 1.54) is 29.6 Å². The van der Waals surface area contributed by atoms with E-state index in [9.17, 15) is 9.59 Å². The minimum atomic E-state index is -0.180. The molecule has 0 aliphatic carbocycles. The fourth-order valence-corrected chi connectivity index (χ4v) is 4.98. The third-order valence-corrected chi connectivity index (χ3v) is 6.67. The third-order valence-electron chi connectivity index (χ3n) is 4.82. The molecule has 0 spiro atoms. The number of anilines is 3. The van der Waals surface area contributed by atoms with Crippen LogP contribution in [0, 0.1) is 6.92 Å². The zero-order valence-corrected chi connectivity index (χ0v) is 20.5. The van der Waals surface area contributed by atoms with Crippen molar-refractivity contribution in [3.05, 3.63) is 70.7 Å². The Morgan fingerprint density at radius 1 is 1.06 bits per heavy atom. The molecule has 2 heterocycles. The fraction of sp³-hybridized carbons (Fsp3) is 0.167. The molecule has 0 saturated carbocycles. The summed E-state index contributed by atoms with van der Waals surface area (Å²) >= 11 is 2.80. The van der Waals surface area contributed by atoms with Crippen LogP contribution in [0.15, 0.2) is 53.9 Å². The molecule has 0 saturated heterocycles. The number of rotatable bonds is 8. The molecule has 4 rings (SSSR count). The SMILES string of the molecule is COc1ccc(C(=O)NCc2ccccc2)cc1Nc1nc(-c2sc(NC(C)=O)nc2C)cs1. The number of amides is 2. The smallest absolute Gasteiger partial charge is 0.251 e. The number of methoxy groups -OCH3 is 1. The van der Waals surface area contributed by atoms with Gasteiger partial charge in [-0.25, -0.2) is 9.97 Å². The fourth-order valence-electron chi connectivity index (χ4n) is 3.22. The topological polar surface area (TPSA) is 105 Å². The summed E-state index contributed by atoms with van der Waals surface area (Å²) in [7, 11) is 1.58. The second kappa shape index (κ2) is 10.4. The highest BCUT2D eigenvalue weighted by atomic mass is 32.1. The van der Waals surface area contributed by atoms with Crippen molar-refractivity contribution >= 4 is 50.4 Å². The molecule has 0 fully saturated rings. The average Bonchev–Trinajstić information content (AvgIpc) is 3.43. The monoisotopic (exact) mass is 493 g/mol. The molecule has 34 heavy (non-hydrogen) atoms. The molecule has 2 aromatic carbocycles. The molecular weight excluding hydrogens is 470 g/mol. The van der Waals surface area contributed by atoms with Crippen LogP contribution in [0.4, 0.5) is 16.0 Å². The molecule has 0 aliphatic heterocycles. The van der Waals surface area contributed by atoms with E-state index in [1.54, 1.807) is 25.3 Å². The lowest BCUT2D eigenvalue weighted by molar-refractivity contribution is -0.114. The predicted octanol–water partition coefficient (Wildman–Crippen LogP) is 5.22. The molecule has 0 atom stereocenters. The van der Waals surface area contributed by atoms with E-state index in [0.717, 1.165) is 21.8 Å². The van der Waals surface area contributed by atoms with Crippen LogP contribution < -0.4 is 20.7 Å². The number of ether oxygens (including phenoxy) is 1. The van der Waals surface area contributed by atoms with Crippen molar-refractivity contribution in [2.75, 3.05) is 17.7 Å². The van der Waals surface area contributed by atoms with E-state index in [-0.39, 0.29) is 11.8 Å². The van der Waals surface area contributed by atoms with E-state index in [2.05, 4.69) is 25.9 Å². The minimum Gasteiger partial charge on any atom is -0.495 e. The maximum absolute atomic E-state index is 12.7. The normalized spacial score (nSPS) is 10.6. The summed E-state index contributed by atoms with van der Waals surface area (Å²) in [5, 5.41) is 12.0. The predicted molar refractivity (Wildman–Crippen MR) is 136 cm³/mol. The zero-order valence-electron chi connectivity index (χ0n) is 18.8. The van der Waals surface area contributed by atoms with Crippen LogP contribution >= 0.6 is 22.7 Å². The van der Waals surface area contributed by atoms with Crippen molar-refractivity contribution in [1.29, 1.82) is 0 Å². The molecule has 174 valence electrons. The summed E-state index contributed by atoms with van der Waals surface area (Å²) in [4.78, 5) is 33.9. The Kier molecular flexibility index (Phi) is 7.19. The number of carbonyl (C=O) groups is 2. The Labute approximate surface area is 205 Å². The number of aryl methyl sites for hydroxylation is 1. The van der Waals surface area contributed by atoms with E-state index < -0.39 is 0 Å². The van der Waals surface area contributed by atoms with Crippen molar-refractivity contribution in [1.82, 2.24) is 15.3 Å². The van der Waals surface area contributed by atoms with Crippen molar-refractivity contribution in [2.24, 2.45) is 0 Å². The zero-order chi connectivity index (χ0) is 24.1. The van der Waals surface area contributed by atoms with E-state index >= 15 is 0 Å². The van der Waals surface area contributed by atoms with Crippen LogP contribution in [-0.4, -0.2) is 28.9 Å². The first-order chi connectivity index (χ1) is 16.4. The molecule has 4 aromatic rings. The molecule has 2 amide bonds. The quantitative estimate of drug-likeness (QED) is 0.311. The van der Waals surface area contributed by atoms with Crippen molar-refractivity contribution in [3.8, 4) is 16.3 Å².